The first kappa shape index (κ1) is 23.5. The van der Waals surface area contributed by atoms with Crippen molar-refractivity contribution in [3.8, 4) is 11.5 Å². The highest BCUT2D eigenvalue weighted by Gasteiger charge is 2.47. The van der Waals surface area contributed by atoms with E-state index in [2.05, 4.69) is 15.7 Å². The van der Waals surface area contributed by atoms with E-state index in [1.54, 1.807) is 18.2 Å². The number of carbonyl (C=O) groups excluding carboxylic acids is 1. The maximum Gasteiger partial charge on any atom is 0.410 e. The number of amides is 1. The lowest BCUT2D eigenvalue weighted by Crippen LogP contribution is -2.36. The number of alkyl halides is 3. The fourth-order valence-corrected chi connectivity index (χ4v) is 4.08. The second-order valence-corrected chi connectivity index (χ2v) is 7.95. The Kier molecular flexibility index (Phi) is 6.67. The summed E-state index contributed by atoms with van der Waals surface area (Å²) in [5.41, 5.74) is 1.69. The van der Waals surface area contributed by atoms with Crippen LogP contribution in [-0.4, -0.2) is 42.6 Å². The van der Waals surface area contributed by atoms with Crippen LogP contribution < -0.4 is 20.1 Å². The second-order valence-electron chi connectivity index (χ2n) is 7.95. The van der Waals surface area contributed by atoms with Gasteiger partial charge in [-0.2, -0.15) is 18.3 Å². The van der Waals surface area contributed by atoms with Gasteiger partial charge in [0.05, 0.1) is 26.5 Å². The lowest BCUT2D eigenvalue weighted by atomic mass is 9.96. The van der Waals surface area contributed by atoms with E-state index >= 15 is 0 Å². The zero-order valence-electron chi connectivity index (χ0n) is 18.7. The molecule has 0 aliphatic carbocycles. The largest absolute Gasteiger partial charge is 0.493 e. The van der Waals surface area contributed by atoms with Crippen molar-refractivity contribution in [3.63, 3.8) is 0 Å². The van der Waals surface area contributed by atoms with Crippen molar-refractivity contribution in [1.82, 2.24) is 15.1 Å². The van der Waals surface area contributed by atoms with E-state index < -0.39 is 24.2 Å². The normalized spacial score (nSPS) is 17.4. The molecule has 0 saturated heterocycles. The molecule has 2 atom stereocenters. The van der Waals surface area contributed by atoms with Gasteiger partial charge in [0.15, 0.2) is 17.5 Å². The summed E-state index contributed by atoms with van der Waals surface area (Å²) in [6.07, 6.45) is -3.06. The molecule has 1 aliphatic heterocycles. The third-order valence-corrected chi connectivity index (χ3v) is 5.84. The maximum absolute atomic E-state index is 13.9. The molecule has 0 fully saturated rings. The van der Waals surface area contributed by atoms with Gasteiger partial charge in [-0.15, -0.1) is 0 Å². The average molecular weight is 474 g/mol. The zero-order chi connectivity index (χ0) is 24.3. The minimum Gasteiger partial charge on any atom is -0.493 e. The highest BCUT2D eigenvalue weighted by atomic mass is 19.4. The first-order valence-electron chi connectivity index (χ1n) is 10.8. The minimum absolute atomic E-state index is 0.0329. The number of anilines is 1. The summed E-state index contributed by atoms with van der Waals surface area (Å²) in [4.78, 5) is 12.8. The summed E-state index contributed by atoms with van der Waals surface area (Å²) in [5.74, 6) is 0.422. The SMILES string of the molecule is COc1ccc([C@H]2C[C@H](C(F)(F)F)n3ncc(C(=O)NCCc4ccccc4)c3N2)cc1OC. The number of rotatable bonds is 7. The molecule has 0 unspecified atom stereocenters. The van der Waals surface area contributed by atoms with Crippen molar-refractivity contribution < 1.29 is 27.4 Å². The first-order chi connectivity index (χ1) is 16.3. The Hall–Kier alpha value is -3.69. The molecule has 0 bridgehead atoms. The van der Waals surface area contributed by atoms with E-state index in [1.165, 1.54) is 20.4 Å². The number of nitrogens with zero attached hydrogens (tertiary/aromatic N) is 2. The molecule has 1 amide bonds. The lowest BCUT2D eigenvalue weighted by Gasteiger charge is -2.34. The van der Waals surface area contributed by atoms with Gasteiger partial charge in [0, 0.05) is 13.0 Å². The zero-order valence-corrected chi connectivity index (χ0v) is 18.7. The van der Waals surface area contributed by atoms with Gasteiger partial charge < -0.3 is 20.1 Å². The average Bonchev–Trinajstić information content (AvgIpc) is 3.27. The number of nitrogens with one attached hydrogen (secondary N) is 2. The highest BCUT2D eigenvalue weighted by molar-refractivity contribution is 5.98. The van der Waals surface area contributed by atoms with Crippen LogP contribution in [0.2, 0.25) is 0 Å². The quantitative estimate of drug-likeness (QED) is 0.526. The third kappa shape index (κ3) is 4.80. The highest BCUT2D eigenvalue weighted by Crippen LogP contribution is 2.45. The predicted molar refractivity (Wildman–Crippen MR) is 120 cm³/mol. The van der Waals surface area contributed by atoms with E-state index in [4.69, 9.17) is 9.47 Å². The molecule has 34 heavy (non-hydrogen) atoms. The predicted octanol–water partition coefficient (Wildman–Crippen LogP) is 4.53. The van der Waals surface area contributed by atoms with Gasteiger partial charge in [0.1, 0.15) is 11.4 Å². The Morgan fingerprint density at radius 2 is 1.88 bits per heavy atom. The standard InChI is InChI=1S/C24H25F3N4O3/c1-33-19-9-8-16(12-20(19)34-2)18-13-21(24(25,26)27)31-22(30-18)17(14-29-31)23(32)28-11-10-15-6-4-3-5-7-15/h3-9,12,14,18,21,30H,10-11,13H2,1-2H3,(H,28,32)/t18-,21-/m1/s1. The summed E-state index contributed by atoms with van der Waals surface area (Å²) in [5, 5.41) is 9.77. The van der Waals surface area contributed by atoms with E-state index in [9.17, 15) is 18.0 Å². The third-order valence-electron chi connectivity index (χ3n) is 5.84. The molecule has 1 aromatic heterocycles. The Bertz CT molecular complexity index is 1150. The van der Waals surface area contributed by atoms with Crippen molar-refractivity contribution in [2.75, 3.05) is 26.1 Å². The summed E-state index contributed by atoms with van der Waals surface area (Å²) in [6, 6.07) is 11.9. The molecule has 2 aromatic carbocycles. The van der Waals surface area contributed by atoms with Gasteiger partial charge in [-0.3, -0.25) is 4.79 Å². The molecule has 4 rings (SSSR count). The number of benzene rings is 2. The molecule has 7 nitrogen and oxygen atoms in total. The molecule has 10 heteroatoms. The van der Waals surface area contributed by atoms with E-state index in [1.807, 2.05) is 30.3 Å². The molecule has 1 aliphatic rings. The number of methoxy groups -OCH3 is 2. The lowest BCUT2D eigenvalue weighted by molar-refractivity contribution is -0.173. The minimum atomic E-state index is -4.54. The first-order valence-corrected chi connectivity index (χ1v) is 10.8. The number of fused-ring (bicyclic) bond motifs is 1. The van der Waals surface area contributed by atoms with Crippen molar-refractivity contribution >= 4 is 11.7 Å². The van der Waals surface area contributed by atoms with Crippen LogP contribution in [0.1, 0.15) is 40.0 Å². The molecule has 0 spiro atoms. The van der Waals surface area contributed by atoms with Gasteiger partial charge in [0.25, 0.3) is 5.91 Å². The molecule has 2 N–H and O–H groups in total. The smallest absolute Gasteiger partial charge is 0.410 e. The molecular weight excluding hydrogens is 449 g/mol. The summed E-state index contributed by atoms with van der Waals surface area (Å²) < 4.78 is 53.2. The van der Waals surface area contributed by atoms with Gasteiger partial charge in [-0.05, 0) is 29.7 Å². The summed E-state index contributed by atoms with van der Waals surface area (Å²) >= 11 is 0. The van der Waals surface area contributed by atoms with Gasteiger partial charge in [-0.25, -0.2) is 4.68 Å². The number of halogens is 3. The van der Waals surface area contributed by atoms with Crippen molar-refractivity contribution in [3.05, 3.63) is 71.4 Å². The van der Waals surface area contributed by atoms with Crippen LogP contribution in [-0.2, 0) is 6.42 Å². The number of aromatic nitrogens is 2. The Morgan fingerprint density at radius 1 is 1.15 bits per heavy atom. The van der Waals surface area contributed by atoms with Crippen molar-refractivity contribution in [2.24, 2.45) is 0 Å². The number of ether oxygens (including phenoxy) is 2. The molecule has 0 radical (unpaired) electrons. The van der Waals surface area contributed by atoms with Crippen LogP contribution in [0, 0.1) is 0 Å². The fraction of sp³-hybridized carbons (Fsp3) is 0.333. The maximum atomic E-state index is 13.9. The van der Waals surface area contributed by atoms with Crippen molar-refractivity contribution in [1.29, 1.82) is 0 Å². The molecule has 3 aromatic rings. The second kappa shape index (κ2) is 9.66. The van der Waals surface area contributed by atoms with E-state index in [-0.39, 0.29) is 17.8 Å². The summed E-state index contributed by atoms with van der Waals surface area (Å²) in [6.45, 7) is 0.343. The Labute approximate surface area is 194 Å². The van der Waals surface area contributed by atoms with Crippen LogP contribution >= 0.6 is 0 Å². The van der Waals surface area contributed by atoms with Crippen molar-refractivity contribution in [2.45, 2.75) is 31.1 Å². The van der Waals surface area contributed by atoms with Gasteiger partial charge in [-0.1, -0.05) is 36.4 Å². The molecule has 0 saturated carbocycles. The van der Waals surface area contributed by atoms with E-state index in [0.717, 1.165) is 10.2 Å². The fourth-order valence-electron chi connectivity index (χ4n) is 4.08. The topological polar surface area (TPSA) is 77.4 Å². The summed E-state index contributed by atoms with van der Waals surface area (Å²) in [7, 11) is 2.94. The monoisotopic (exact) mass is 474 g/mol. The number of hydrogen-bond donors (Lipinski definition) is 2. The molecule has 180 valence electrons. The number of hydrogen-bond acceptors (Lipinski definition) is 5. The van der Waals surface area contributed by atoms with Crippen LogP contribution in [0.25, 0.3) is 0 Å². The van der Waals surface area contributed by atoms with Crippen LogP contribution in [0.3, 0.4) is 0 Å². The van der Waals surface area contributed by atoms with Crippen LogP contribution in [0.5, 0.6) is 11.5 Å². The Balaban J connectivity index is 1.59. The van der Waals surface area contributed by atoms with Crippen LogP contribution in [0.4, 0.5) is 19.0 Å². The molecule has 2 heterocycles. The van der Waals surface area contributed by atoms with Crippen LogP contribution in [0.15, 0.2) is 54.7 Å². The van der Waals surface area contributed by atoms with E-state index in [0.29, 0.717) is 30.0 Å². The number of carbonyl (C=O) groups is 1. The Morgan fingerprint density at radius 3 is 2.56 bits per heavy atom. The molecular formula is C24H25F3N4O3. The van der Waals surface area contributed by atoms with Gasteiger partial charge >= 0.3 is 6.18 Å². The van der Waals surface area contributed by atoms with Gasteiger partial charge in [0.2, 0.25) is 0 Å².